The summed E-state index contributed by atoms with van der Waals surface area (Å²) >= 11 is 0. The fraction of sp³-hybridized carbons (Fsp3) is 0.350. The predicted molar refractivity (Wildman–Crippen MR) is 113 cm³/mol. The van der Waals surface area contributed by atoms with Crippen molar-refractivity contribution in [1.82, 2.24) is 18.9 Å². The van der Waals surface area contributed by atoms with Crippen molar-refractivity contribution >= 4 is 21.2 Å². The lowest BCUT2D eigenvalue weighted by Gasteiger charge is -2.14. The first-order chi connectivity index (χ1) is 16.0. The van der Waals surface area contributed by atoms with Crippen molar-refractivity contribution in [2.45, 2.75) is 36.9 Å². The summed E-state index contributed by atoms with van der Waals surface area (Å²) in [7, 11) is -2.72. The van der Waals surface area contributed by atoms with Gasteiger partial charge >= 0.3 is 11.9 Å². The average Bonchev–Trinajstić information content (AvgIpc) is 3.53. The topological polar surface area (TPSA) is 132 Å². The molecule has 178 valence electrons. The van der Waals surface area contributed by atoms with Gasteiger partial charge in [0, 0.05) is 30.1 Å². The summed E-state index contributed by atoms with van der Waals surface area (Å²) in [5.74, 6) is -0.325. The lowest BCUT2D eigenvalue weighted by Crippen LogP contribution is -2.31. The van der Waals surface area contributed by atoms with Gasteiger partial charge in [-0.3, -0.25) is 14.0 Å². The Labute approximate surface area is 190 Å². The van der Waals surface area contributed by atoms with E-state index >= 15 is 0 Å². The van der Waals surface area contributed by atoms with Crippen LogP contribution in [0.2, 0.25) is 0 Å². The molecule has 1 aliphatic carbocycles. The lowest BCUT2D eigenvalue weighted by molar-refractivity contribution is -0.144. The summed E-state index contributed by atoms with van der Waals surface area (Å²) in [6.45, 7) is 1.40. The van der Waals surface area contributed by atoms with E-state index in [1.165, 1.54) is 20.2 Å². The summed E-state index contributed by atoms with van der Waals surface area (Å²) < 4.78 is 68.1. The molecular formula is C20H17F3N6O4S. The van der Waals surface area contributed by atoms with Gasteiger partial charge in [-0.1, -0.05) is 12.1 Å². The molecular weight excluding hydrogens is 477 g/mol. The Morgan fingerprint density at radius 3 is 2.62 bits per heavy atom. The molecule has 0 N–H and O–H groups in total. The van der Waals surface area contributed by atoms with E-state index in [1.54, 1.807) is 6.07 Å². The number of nitrogens with zero attached hydrogens (tertiary/aromatic N) is 6. The smallest absolute Gasteiger partial charge is 0.398 e. The molecule has 3 aromatic heterocycles. The summed E-state index contributed by atoms with van der Waals surface area (Å²) in [5.41, 5.74) is -2.81. The van der Waals surface area contributed by atoms with Gasteiger partial charge in [0.05, 0.1) is 10.6 Å². The van der Waals surface area contributed by atoms with Gasteiger partial charge in [0.2, 0.25) is 0 Å². The van der Waals surface area contributed by atoms with Gasteiger partial charge in [0.25, 0.3) is 0 Å². The monoisotopic (exact) mass is 494 g/mol. The molecule has 14 heteroatoms. The molecule has 0 aliphatic heterocycles. The third-order valence-electron chi connectivity index (χ3n) is 5.25. The van der Waals surface area contributed by atoms with E-state index in [2.05, 4.69) is 20.0 Å². The van der Waals surface area contributed by atoms with E-state index in [-0.39, 0.29) is 39.0 Å². The molecule has 10 nitrogen and oxygen atoms in total. The number of fused-ring (bicyclic) bond motifs is 1. The molecule has 0 atom stereocenters. The maximum absolute atomic E-state index is 13.6. The van der Waals surface area contributed by atoms with Crippen LogP contribution >= 0.6 is 0 Å². The van der Waals surface area contributed by atoms with Crippen LogP contribution in [0.4, 0.5) is 13.2 Å². The number of hydrogen-bond donors (Lipinski definition) is 0. The number of halogens is 3. The lowest BCUT2D eigenvalue weighted by atomic mass is 10.1. The molecule has 0 amide bonds. The second-order valence-electron chi connectivity index (χ2n) is 7.47. The molecule has 0 radical (unpaired) electrons. The highest BCUT2D eigenvalue weighted by Gasteiger charge is 2.40. The van der Waals surface area contributed by atoms with Gasteiger partial charge in [0.15, 0.2) is 15.5 Å². The highest BCUT2D eigenvalue weighted by Crippen LogP contribution is 2.39. The van der Waals surface area contributed by atoms with Gasteiger partial charge in [-0.15, -0.1) is 0 Å². The Kier molecular flexibility index (Phi) is 5.68. The van der Waals surface area contributed by atoms with Gasteiger partial charge in [0.1, 0.15) is 35.9 Å². The van der Waals surface area contributed by atoms with Crippen molar-refractivity contribution in [3.05, 3.63) is 46.3 Å². The molecule has 3 heterocycles. The molecule has 4 rings (SSSR count). The molecule has 0 unspecified atom stereocenters. The minimum atomic E-state index is -4.78. The molecule has 34 heavy (non-hydrogen) atoms. The minimum absolute atomic E-state index is 0.0549. The zero-order valence-electron chi connectivity index (χ0n) is 17.9. The third-order valence-corrected chi connectivity index (χ3v) is 6.99. The maximum Gasteiger partial charge on any atom is 0.431 e. The average molecular weight is 494 g/mol. The number of oxime groups is 1. The SMILES string of the molecule is CCS(=O)(=O)c1cc(/C(C#N)=N/OC)cnc1-c1cn2c(=O)n(C3CC3)c(C(F)(F)F)cc2n1. The number of alkyl halides is 3. The first-order valence-electron chi connectivity index (χ1n) is 9.98. The second-order valence-corrected chi connectivity index (χ2v) is 9.72. The first-order valence-corrected chi connectivity index (χ1v) is 11.6. The highest BCUT2D eigenvalue weighted by atomic mass is 32.2. The molecule has 3 aromatic rings. The van der Waals surface area contributed by atoms with Gasteiger partial charge in [-0.05, 0) is 18.9 Å². The Balaban J connectivity index is 1.97. The van der Waals surface area contributed by atoms with Crippen molar-refractivity contribution in [2.24, 2.45) is 5.16 Å². The van der Waals surface area contributed by atoms with E-state index in [4.69, 9.17) is 0 Å². The molecule has 1 fully saturated rings. The van der Waals surface area contributed by atoms with Gasteiger partial charge in [-0.2, -0.15) is 18.4 Å². The molecule has 0 aromatic carbocycles. The fourth-order valence-corrected chi connectivity index (χ4v) is 4.54. The summed E-state index contributed by atoms with van der Waals surface area (Å²) in [5, 5.41) is 12.8. The van der Waals surface area contributed by atoms with E-state index < -0.39 is 33.4 Å². The van der Waals surface area contributed by atoms with E-state index in [0.29, 0.717) is 17.4 Å². The fourth-order valence-electron chi connectivity index (χ4n) is 3.47. The summed E-state index contributed by atoms with van der Waals surface area (Å²) in [6, 6.07) is 3.13. The van der Waals surface area contributed by atoms with Crippen molar-refractivity contribution in [1.29, 1.82) is 5.26 Å². The first kappa shape index (κ1) is 23.4. The van der Waals surface area contributed by atoms with E-state index in [1.807, 2.05) is 0 Å². The molecule has 1 aliphatic rings. The van der Waals surface area contributed by atoms with E-state index in [0.717, 1.165) is 22.7 Å². The standard InChI is InChI=1S/C20H17F3N6O4S/c1-3-34(31,32)15-6-11(13(8-24)27-33-2)9-25-18(15)14-10-28-17(26-14)7-16(20(21,22)23)29(19(28)30)12-4-5-12/h6-7,9-10,12H,3-5H2,1-2H3/b27-13+. The predicted octanol–water partition coefficient (Wildman–Crippen LogP) is 2.58. The summed E-state index contributed by atoms with van der Waals surface area (Å²) in [4.78, 5) is 25.4. The number of rotatable bonds is 6. The number of hydrogen-bond acceptors (Lipinski definition) is 8. The van der Waals surface area contributed by atoms with Crippen LogP contribution in [0.15, 0.2) is 39.4 Å². The van der Waals surface area contributed by atoms with Crippen molar-refractivity contribution in [3.63, 3.8) is 0 Å². The number of sulfone groups is 1. The normalized spacial score (nSPS) is 14.9. The van der Waals surface area contributed by atoms with Crippen LogP contribution in [0.5, 0.6) is 0 Å². The van der Waals surface area contributed by atoms with Crippen LogP contribution < -0.4 is 5.69 Å². The third kappa shape index (κ3) is 4.03. The van der Waals surface area contributed by atoms with Gasteiger partial charge in [-0.25, -0.2) is 18.2 Å². The second kappa shape index (κ2) is 8.24. The number of nitriles is 1. The Hall–Kier alpha value is -3.73. The van der Waals surface area contributed by atoms with Crippen LogP contribution in [-0.2, 0) is 20.9 Å². The van der Waals surface area contributed by atoms with Crippen molar-refractivity contribution < 1.29 is 26.4 Å². The summed E-state index contributed by atoms with van der Waals surface area (Å²) in [6.07, 6.45) is -1.56. The quantitative estimate of drug-likeness (QED) is 0.380. The number of aromatic nitrogens is 4. The van der Waals surface area contributed by atoms with Gasteiger partial charge < -0.3 is 4.84 Å². The Bertz CT molecular complexity index is 1530. The zero-order valence-corrected chi connectivity index (χ0v) is 18.7. The van der Waals surface area contributed by atoms with Crippen LogP contribution in [0.3, 0.4) is 0 Å². The van der Waals surface area contributed by atoms with Crippen LogP contribution in [0.1, 0.15) is 37.1 Å². The molecule has 0 saturated heterocycles. The largest absolute Gasteiger partial charge is 0.431 e. The Morgan fingerprint density at radius 2 is 2.06 bits per heavy atom. The number of pyridine rings is 1. The van der Waals surface area contributed by atoms with E-state index in [9.17, 15) is 31.6 Å². The number of imidazole rings is 1. The van der Waals surface area contributed by atoms with Crippen molar-refractivity contribution in [3.8, 4) is 17.5 Å². The molecule has 0 bridgehead atoms. The minimum Gasteiger partial charge on any atom is -0.398 e. The maximum atomic E-state index is 13.6. The van der Waals surface area contributed by atoms with Crippen LogP contribution in [0.25, 0.3) is 17.0 Å². The van der Waals surface area contributed by atoms with Crippen LogP contribution in [-0.4, -0.2) is 45.9 Å². The van der Waals surface area contributed by atoms with Crippen molar-refractivity contribution in [2.75, 3.05) is 12.9 Å². The van der Waals surface area contributed by atoms with Crippen LogP contribution in [0, 0.1) is 11.3 Å². The Morgan fingerprint density at radius 1 is 1.35 bits per heavy atom. The molecule has 0 spiro atoms. The molecule has 1 saturated carbocycles. The highest BCUT2D eigenvalue weighted by molar-refractivity contribution is 7.91. The zero-order chi connectivity index (χ0) is 24.8.